The standard InChI is InChI=1S/C16H28N2O2/c1-4-20-16(2,3)15(19)12-13-10-11-18(17-13)14-8-6-5-7-9-14/h10-11,14-15,19H,4-9,12H2,1-3H3. The molecular formula is C16H28N2O2. The minimum Gasteiger partial charge on any atom is -0.390 e. The van der Waals surface area contributed by atoms with Crippen molar-refractivity contribution in [1.29, 1.82) is 0 Å². The lowest BCUT2D eigenvalue weighted by molar-refractivity contribution is -0.0958. The van der Waals surface area contributed by atoms with Gasteiger partial charge < -0.3 is 9.84 Å². The number of aliphatic hydroxyl groups is 1. The van der Waals surface area contributed by atoms with Gasteiger partial charge in [0.15, 0.2) is 0 Å². The summed E-state index contributed by atoms with van der Waals surface area (Å²) in [6.07, 6.45) is 8.50. The van der Waals surface area contributed by atoms with Crippen LogP contribution < -0.4 is 0 Å². The average molecular weight is 280 g/mol. The number of aliphatic hydroxyl groups excluding tert-OH is 1. The van der Waals surface area contributed by atoms with Crippen LogP contribution >= 0.6 is 0 Å². The molecule has 0 aromatic carbocycles. The van der Waals surface area contributed by atoms with Crippen LogP contribution in [-0.4, -0.2) is 33.2 Å². The van der Waals surface area contributed by atoms with E-state index in [1.54, 1.807) is 0 Å². The number of nitrogens with zero attached hydrogens (tertiary/aromatic N) is 2. The Balaban J connectivity index is 1.95. The van der Waals surface area contributed by atoms with Gasteiger partial charge in [-0.2, -0.15) is 5.10 Å². The Morgan fingerprint density at radius 2 is 2.10 bits per heavy atom. The summed E-state index contributed by atoms with van der Waals surface area (Å²) in [4.78, 5) is 0. The molecule has 0 amide bonds. The summed E-state index contributed by atoms with van der Waals surface area (Å²) in [6, 6.07) is 2.58. The molecule has 0 saturated heterocycles. The number of ether oxygens (including phenoxy) is 1. The predicted octanol–water partition coefficient (Wildman–Crippen LogP) is 3.11. The molecule has 0 bridgehead atoms. The maximum Gasteiger partial charge on any atom is 0.0887 e. The highest BCUT2D eigenvalue weighted by atomic mass is 16.5. The van der Waals surface area contributed by atoms with E-state index in [0.29, 0.717) is 19.1 Å². The lowest BCUT2D eigenvalue weighted by Gasteiger charge is -2.30. The van der Waals surface area contributed by atoms with Gasteiger partial charge in [-0.25, -0.2) is 0 Å². The van der Waals surface area contributed by atoms with Crippen molar-refractivity contribution in [3.63, 3.8) is 0 Å². The van der Waals surface area contributed by atoms with Crippen LogP contribution in [0.5, 0.6) is 0 Å². The Hall–Kier alpha value is -0.870. The Kier molecular flexibility index (Phi) is 5.22. The zero-order valence-corrected chi connectivity index (χ0v) is 13.0. The van der Waals surface area contributed by atoms with Crippen molar-refractivity contribution in [2.75, 3.05) is 6.61 Å². The van der Waals surface area contributed by atoms with E-state index in [9.17, 15) is 5.11 Å². The molecule has 20 heavy (non-hydrogen) atoms. The zero-order chi connectivity index (χ0) is 14.6. The number of hydrogen-bond donors (Lipinski definition) is 1. The van der Waals surface area contributed by atoms with Gasteiger partial charge in [-0.3, -0.25) is 4.68 Å². The molecule has 1 aliphatic carbocycles. The summed E-state index contributed by atoms with van der Waals surface area (Å²) in [7, 11) is 0. The lowest BCUT2D eigenvalue weighted by Crippen LogP contribution is -2.40. The third kappa shape index (κ3) is 3.83. The summed E-state index contributed by atoms with van der Waals surface area (Å²) in [5.74, 6) is 0. The molecule has 1 N–H and O–H groups in total. The molecule has 1 fully saturated rings. The first kappa shape index (κ1) is 15.5. The Bertz CT molecular complexity index is 408. The van der Waals surface area contributed by atoms with E-state index < -0.39 is 11.7 Å². The van der Waals surface area contributed by atoms with Gasteiger partial charge in [0.1, 0.15) is 0 Å². The van der Waals surface area contributed by atoms with E-state index in [2.05, 4.69) is 16.0 Å². The highest BCUT2D eigenvalue weighted by Crippen LogP contribution is 2.27. The lowest BCUT2D eigenvalue weighted by atomic mass is 9.96. The molecule has 0 radical (unpaired) electrons. The molecule has 1 atom stereocenters. The summed E-state index contributed by atoms with van der Waals surface area (Å²) in [6.45, 7) is 6.42. The molecule has 1 aliphatic rings. The van der Waals surface area contributed by atoms with Crippen LogP contribution in [0.2, 0.25) is 0 Å². The van der Waals surface area contributed by atoms with Crippen molar-refractivity contribution in [3.05, 3.63) is 18.0 Å². The van der Waals surface area contributed by atoms with Gasteiger partial charge in [-0.1, -0.05) is 19.3 Å². The SMILES string of the molecule is CCOC(C)(C)C(O)Cc1ccn(C2CCCCC2)n1. The maximum absolute atomic E-state index is 10.3. The van der Waals surface area contributed by atoms with E-state index in [0.717, 1.165) is 5.69 Å². The van der Waals surface area contributed by atoms with Crippen molar-refractivity contribution >= 4 is 0 Å². The molecule has 1 aromatic heterocycles. The molecule has 0 aliphatic heterocycles. The largest absolute Gasteiger partial charge is 0.390 e. The number of rotatable bonds is 6. The van der Waals surface area contributed by atoms with Crippen LogP contribution in [0.3, 0.4) is 0 Å². The predicted molar refractivity (Wildman–Crippen MR) is 79.8 cm³/mol. The van der Waals surface area contributed by atoms with E-state index in [1.165, 1.54) is 32.1 Å². The molecule has 1 unspecified atom stereocenters. The number of aromatic nitrogens is 2. The van der Waals surface area contributed by atoms with Gasteiger partial charge >= 0.3 is 0 Å². The molecule has 1 heterocycles. The number of hydrogen-bond acceptors (Lipinski definition) is 3. The van der Waals surface area contributed by atoms with Crippen LogP contribution in [0.15, 0.2) is 12.3 Å². The quantitative estimate of drug-likeness (QED) is 0.871. The van der Waals surface area contributed by atoms with Crippen molar-refractivity contribution in [3.8, 4) is 0 Å². The molecule has 4 heteroatoms. The third-order valence-corrected chi connectivity index (χ3v) is 4.33. The normalized spacial score (nSPS) is 19.2. The first-order valence-corrected chi connectivity index (χ1v) is 7.89. The summed E-state index contributed by atoms with van der Waals surface area (Å²) in [5, 5.41) is 15.0. The van der Waals surface area contributed by atoms with Crippen molar-refractivity contribution in [2.45, 2.75) is 77.0 Å². The highest BCUT2D eigenvalue weighted by Gasteiger charge is 2.29. The molecule has 0 spiro atoms. The molecule has 114 valence electrons. The zero-order valence-electron chi connectivity index (χ0n) is 13.0. The fourth-order valence-corrected chi connectivity index (χ4v) is 2.95. The van der Waals surface area contributed by atoms with E-state index in [1.807, 2.05) is 26.8 Å². The molecule has 1 saturated carbocycles. The van der Waals surface area contributed by atoms with Gasteiger partial charge in [0.2, 0.25) is 0 Å². The Labute approximate surface area is 122 Å². The fraction of sp³-hybridized carbons (Fsp3) is 0.812. The summed E-state index contributed by atoms with van der Waals surface area (Å²) < 4.78 is 7.69. The monoisotopic (exact) mass is 280 g/mol. The minimum absolute atomic E-state index is 0.524. The summed E-state index contributed by atoms with van der Waals surface area (Å²) in [5.41, 5.74) is 0.430. The van der Waals surface area contributed by atoms with Gasteiger partial charge in [0.25, 0.3) is 0 Å². The third-order valence-electron chi connectivity index (χ3n) is 4.33. The smallest absolute Gasteiger partial charge is 0.0887 e. The van der Waals surface area contributed by atoms with Gasteiger partial charge in [-0.05, 0) is 39.7 Å². The Morgan fingerprint density at radius 3 is 2.75 bits per heavy atom. The molecule has 1 aromatic rings. The fourth-order valence-electron chi connectivity index (χ4n) is 2.95. The first-order valence-electron chi connectivity index (χ1n) is 7.89. The molecular weight excluding hydrogens is 252 g/mol. The average Bonchev–Trinajstić information content (AvgIpc) is 2.88. The van der Waals surface area contributed by atoms with Crippen LogP contribution in [0.1, 0.15) is 64.6 Å². The van der Waals surface area contributed by atoms with E-state index >= 15 is 0 Å². The summed E-state index contributed by atoms with van der Waals surface area (Å²) >= 11 is 0. The van der Waals surface area contributed by atoms with Crippen molar-refractivity contribution in [1.82, 2.24) is 9.78 Å². The van der Waals surface area contributed by atoms with Crippen LogP contribution in [0.25, 0.3) is 0 Å². The van der Waals surface area contributed by atoms with Crippen LogP contribution in [0, 0.1) is 0 Å². The highest BCUT2D eigenvalue weighted by molar-refractivity contribution is 5.03. The topological polar surface area (TPSA) is 47.3 Å². The van der Waals surface area contributed by atoms with Crippen LogP contribution in [-0.2, 0) is 11.2 Å². The van der Waals surface area contributed by atoms with Crippen molar-refractivity contribution < 1.29 is 9.84 Å². The maximum atomic E-state index is 10.3. The van der Waals surface area contributed by atoms with E-state index in [4.69, 9.17) is 4.74 Å². The second-order valence-electron chi connectivity index (χ2n) is 6.34. The van der Waals surface area contributed by atoms with Crippen LogP contribution in [0.4, 0.5) is 0 Å². The minimum atomic E-state index is -0.530. The second-order valence-corrected chi connectivity index (χ2v) is 6.34. The van der Waals surface area contributed by atoms with Gasteiger partial charge in [-0.15, -0.1) is 0 Å². The van der Waals surface area contributed by atoms with E-state index in [-0.39, 0.29) is 0 Å². The van der Waals surface area contributed by atoms with Crippen molar-refractivity contribution in [2.24, 2.45) is 0 Å². The second kappa shape index (κ2) is 6.72. The van der Waals surface area contributed by atoms with Gasteiger partial charge in [0.05, 0.1) is 23.4 Å². The molecule has 4 nitrogen and oxygen atoms in total. The first-order chi connectivity index (χ1) is 9.53. The molecule has 2 rings (SSSR count). The Morgan fingerprint density at radius 1 is 1.40 bits per heavy atom. The van der Waals surface area contributed by atoms with Gasteiger partial charge in [0, 0.05) is 19.2 Å².